The molecule has 0 radical (unpaired) electrons. The summed E-state index contributed by atoms with van der Waals surface area (Å²) >= 11 is 0. The molecule has 0 aliphatic rings. The zero-order chi connectivity index (χ0) is 24.8. The van der Waals surface area contributed by atoms with Crippen molar-refractivity contribution in [2.45, 2.75) is 125 Å². The van der Waals surface area contributed by atoms with Gasteiger partial charge >= 0.3 is 11.9 Å². The van der Waals surface area contributed by atoms with Crippen LogP contribution in [0.5, 0.6) is 0 Å². The molecule has 33 heavy (non-hydrogen) atoms. The average molecular weight is 461 g/mol. The molecule has 1 rings (SSSR count). The number of unbranched alkanes of at least 4 members (excludes halogenated alkanes) is 2. The summed E-state index contributed by atoms with van der Waals surface area (Å²) in [6.45, 7) is 14.9. The highest BCUT2D eigenvalue weighted by Crippen LogP contribution is 2.23. The van der Waals surface area contributed by atoms with E-state index in [1.54, 1.807) is 6.07 Å². The van der Waals surface area contributed by atoms with Gasteiger partial charge in [0.05, 0.1) is 11.1 Å². The number of benzene rings is 1. The van der Waals surface area contributed by atoms with Crippen LogP contribution in [0.3, 0.4) is 0 Å². The Balaban J connectivity index is 3.04. The summed E-state index contributed by atoms with van der Waals surface area (Å²) in [6.07, 6.45) is 9.37. The Morgan fingerprint density at radius 3 is 1.67 bits per heavy atom. The van der Waals surface area contributed by atoms with Crippen LogP contribution in [0.1, 0.15) is 132 Å². The summed E-state index contributed by atoms with van der Waals surface area (Å²) in [5.41, 5.74) is 1.43. The van der Waals surface area contributed by atoms with Crippen LogP contribution >= 0.6 is 0 Å². The highest BCUT2D eigenvalue weighted by Gasteiger charge is 2.26. The van der Waals surface area contributed by atoms with E-state index in [2.05, 4.69) is 41.5 Å². The number of hydrogen-bond donors (Lipinski definition) is 0. The minimum Gasteiger partial charge on any atom is -0.459 e. The summed E-state index contributed by atoms with van der Waals surface area (Å²) in [5, 5.41) is 0. The first kappa shape index (κ1) is 29.2. The van der Waals surface area contributed by atoms with Crippen LogP contribution in [0.15, 0.2) is 18.2 Å². The SMILES string of the molecule is CCCCC(CCC(C)C)OC(=O)c1cccc(C)c1C(=O)OC(CCCC)CCC(C)C. The van der Waals surface area contributed by atoms with E-state index in [9.17, 15) is 9.59 Å². The maximum absolute atomic E-state index is 13.3. The first-order valence-electron chi connectivity index (χ1n) is 13.2. The summed E-state index contributed by atoms with van der Waals surface area (Å²) in [6, 6.07) is 5.36. The molecule has 0 amide bonds. The lowest BCUT2D eigenvalue weighted by Gasteiger charge is -2.22. The highest BCUT2D eigenvalue weighted by molar-refractivity contribution is 6.04. The second kappa shape index (κ2) is 15.9. The summed E-state index contributed by atoms with van der Waals surface area (Å²) in [5.74, 6) is 0.297. The average Bonchev–Trinajstić information content (AvgIpc) is 2.76. The lowest BCUT2D eigenvalue weighted by Crippen LogP contribution is -2.24. The number of carbonyl (C=O) groups is 2. The van der Waals surface area contributed by atoms with Gasteiger partial charge in [-0.15, -0.1) is 0 Å². The number of rotatable bonds is 16. The van der Waals surface area contributed by atoms with Gasteiger partial charge in [-0.3, -0.25) is 0 Å². The Bertz CT molecular complexity index is 708. The fraction of sp³-hybridized carbons (Fsp3) is 0.724. The van der Waals surface area contributed by atoms with Gasteiger partial charge in [0, 0.05) is 0 Å². The largest absolute Gasteiger partial charge is 0.459 e. The van der Waals surface area contributed by atoms with Crippen molar-refractivity contribution in [1.82, 2.24) is 0 Å². The van der Waals surface area contributed by atoms with E-state index in [1.807, 2.05) is 19.1 Å². The number of carbonyl (C=O) groups excluding carboxylic acids is 2. The van der Waals surface area contributed by atoms with E-state index >= 15 is 0 Å². The molecule has 0 saturated heterocycles. The molecule has 1 aromatic rings. The van der Waals surface area contributed by atoms with E-state index < -0.39 is 11.9 Å². The molecule has 1 aromatic carbocycles. The van der Waals surface area contributed by atoms with Gasteiger partial charge in [0.15, 0.2) is 0 Å². The minimum absolute atomic E-state index is 0.118. The minimum atomic E-state index is -0.414. The molecule has 0 aliphatic carbocycles. The van der Waals surface area contributed by atoms with Gasteiger partial charge in [0.25, 0.3) is 0 Å². The fourth-order valence-corrected chi connectivity index (χ4v) is 3.96. The summed E-state index contributed by atoms with van der Waals surface area (Å²) in [7, 11) is 0. The van der Waals surface area contributed by atoms with Gasteiger partial charge < -0.3 is 9.47 Å². The van der Waals surface area contributed by atoms with Gasteiger partial charge in [0.1, 0.15) is 12.2 Å². The molecule has 0 spiro atoms. The molecule has 0 heterocycles. The normalized spacial score (nSPS) is 13.2. The van der Waals surface area contributed by atoms with Crippen LogP contribution in [-0.4, -0.2) is 24.1 Å². The zero-order valence-electron chi connectivity index (χ0n) is 22.2. The Kier molecular flexibility index (Phi) is 14.1. The Morgan fingerprint density at radius 2 is 1.21 bits per heavy atom. The predicted molar refractivity (Wildman–Crippen MR) is 137 cm³/mol. The molecule has 4 heteroatoms. The highest BCUT2D eigenvalue weighted by atomic mass is 16.5. The van der Waals surface area contributed by atoms with E-state index in [-0.39, 0.29) is 12.2 Å². The van der Waals surface area contributed by atoms with Crippen molar-refractivity contribution in [2.75, 3.05) is 0 Å². The molecule has 0 N–H and O–H groups in total. The Labute approximate surface area is 202 Å². The van der Waals surface area contributed by atoms with E-state index in [0.29, 0.717) is 23.0 Å². The molecule has 2 atom stereocenters. The summed E-state index contributed by atoms with van der Waals surface area (Å²) in [4.78, 5) is 26.4. The zero-order valence-corrected chi connectivity index (χ0v) is 22.2. The molecule has 0 saturated carbocycles. The number of aryl methyl sites for hydroxylation is 1. The quantitative estimate of drug-likeness (QED) is 0.233. The fourth-order valence-electron chi connectivity index (χ4n) is 3.96. The Morgan fingerprint density at radius 1 is 0.727 bits per heavy atom. The van der Waals surface area contributed by atoms with Gasteiger partial charge in [-0.2, -0.15) is 0 Å². The molecule has 0 bridgehead atoms. The smallest absolute Gasteiger partial charge is 0.339 e. The molecule has 2 unspecified atom stereocenters. The first-order chi connectivity index (χ1) is 15.7. The molecular formula is C29H48O4. The van der Waals surface area contributed by atoms with Gasteiger partial charge in [-0.1, -0.05) is 79.4 Å². The van der Waals surface area contributed by atoms with Crippen LogP contribution in [0.25, 0.3) is 0 Å². The van der Waals surface area contributed by atoms with Crippen molar-refractivity contribution in [3.05, 3.63) is 34.9 Å². The predicted octanol–water partition coefficient (Wildman–Crippen LogP) is 8.30. The van der Waals surface area contributed by atoms with Gasteiger partial charge in [0.2, 0.25) is 0 Å². The summed E-state index contributed by atoms with van der Waals surface area (Å²) < 4.78 is 11.9. The van der Waals surface area contributed by atoms with Crippen LogP contribution in [0, 0.1) is 18.8 Å². The molecule has 188 valence electrons. The van der Waals surface area contributed by atoms with Crippen LogP contribution in [0.2, 0.25) is 0 Å². The lowest BCUT2D eigenvalue weighted by atomic mass is 9.99. The van der Waals surface area contributed by atoms with E-state index in [1.165, 1.54) is 0 Å². The number of esters is 2. The topological polar surface area (TPSA) is 52.6 Å². The lowest BCUT2D eigenvalue weighted by molar-refractivity contribution is 0.0195. The van der Waals surface area contributed by atoms with Crippen LogP contribution in [-0.2, 0) is 9.47 Å². The van der Waals surface area contributed by atoms with Gasteiger partial charge in [-0.05, 0) is 68.9 Å². The maximum Gasteiger partial charge on any atom is 0.339 e. The van der Waals surface area contributed by atoms with E-state index in [0.717, 1.165) is 69.8 Å². The first-order valence-corrected chi connectivity index (χ1v) is 13.2. The second-order valence-electron chi connectivity index (χ2n) is 10.3. The molecular weight excluding hydrogens is 412 g/mol. The third kappa shape index (κ3) is 11.2. The second-order valence-corrected chi connectivity index (χ2v) is 10.3. The third-order valence-electron chi connectivity index (χ3n) is 6.14. The molecule has 0 fully saturated rings. The standard InChI is InChI=1S/C29H48O4/c1-8-10-14-24(19-17-21(3)4)32-28(30)26-16-12-13-23(7)27(26)29(31)33-25(15-11-9-2)20-18-22(5)6/h12-13,16,21-22,24-25H,8-11,14-15,17-20H2,1-7H3. The monoisotopic (exact) mass is 460 g/mol. The van der Waals surface area contributed by atoms with Crippen LogP contribution in [0.4, 0.5) is 0 Å². The van der Waals surface area contributed by atoms with E-state index in [4.69, 9.17) is 9.47 Å². The van der Waals surface area contributed by atoms with Crippen molar-refractivity contribution >= 4 is 11.9 Å². The molecule has 0 aliphatic heterocycles. The molecule has 0 aromatic heterocycles. The Hall–Kier alpha value is -1.84. The van der Waals surface area contributed by atoms with Crippen molar-refractivity contribution in [2.24, 2.45) is 11.8 Å². The number of ether oxygens (including phenoxy) is 2. The van der Waals surface area contributed by atoms with Crippen molar-refractivity contribution < 1.29 is 19.1 Å². The third-order valence-corrected chi connectivity index (χ3v) is 6.14. The van der Waals surface area contributed by atoms with Crippen LogP contribution < -0.4 is 0 Å². The maximum atomic E-state index is 13.3. The van der Waals surface area contributed by atoms with Crippen molar-refractivity contribution in [3.63, 3.8) is 0 Å². The van der Waals surface area contributed by atoms with Gasteiger partial charge in [-0.25, -0.2) is 9.59 Å². The number of hydrogen-bond acceptors (Lipinski definition) is 4. The van der Waals surface area contributed by atoms with Crippen molar-refractivity contribution in [3.8, 4) is 0 Å². The molecule has 4 nitrogen and oxygen atoms in total. The van der Waals surface area contributed by atoms with Crippen molar-refractivity contribution in [1.29, 1.82) is 0 Å².